The van der Waals surface area contributed by atoms with E-state index in [1.807, 2.05) is 31.2 Å². The molecule has 0 spiro atoms. The first-order valence-corrected chi connectivity index (χ1v) is 12.0. The van der Waals surface area contributed by atoms with E-state index in [0.29, 0.717) is 6.54 Å². The summed E-state index contributed by atoms with van der Waals surface area (Å²) in [6, 6.07) is 15.8. The molecule has 3 aromatic rings. The molecule has 1 amide bonds. The van der Waals surface area contributed by atoms with E-state index in [1.54, 1.807) is 12.3 Å². The predicted molar refractivity (Wildman–Crippen MR) is 122 cm³/mol. The number of rotatable bonds is 5. The van der Waals surface area contributed by atoms with Gasteiger partial charge in [0.25, 0.3) is 11.5 Å². The lowest BCUT2D eigenvalue weighted by atomic mass is 10.1. The molecule has 1 fully saturated rings. The Kier molecular flexibility index (Phi) is 6.44. The molecule has 1 saturated heterocycles. The second kappa shape index (κ2) is 9.29. The second-order valence-electron chi connectivity index (χ2n) is 8.00. The summed E-state index contributed by atoms with van der Waals surface area (Å²) in [7, 11) is -3.86. The van der Waals surface area contributed by atoms with E-state index in [2.05, 4.69) is 0 Å². The minimum atomic E-state index is -3.86. The van der Waals surface area contributed by atoms with Crippen LogP contribution in [-0.2, 0) is 16.6 Å². The summed E-state index contributed by atoms with van der Waals surface area (Å²) in [5, 5.41) is 0. The van der Waals surface area contributed by atoms with Crippen molar-refractivity contribution in [1.82, 2.24) is 13.8 Å². The first-order chi connectivity index (χ1) is 15.8. The van der Waals surface area contributed by atoms with Gasteiger partial charge in [-0.1, -0.05) is 35.9 Å². The Morgan fingerprint density at radius 1 is 0.970 bits per heavy atom. The molecule has 1 aromatic heterocycles. The highest BCUT2D eigenvalue weighted by atomic mass is 32.2. The van der Waals surface area contributed by atoms with Crippen molar-refractivity contribution in [2.75, 3.05) is 26.2 Å². The molecule has 1 aliphatic rings. The number of amides is 1. The maximum atomic E-state index is 13.5. The lowest BCUT2D eigenvalue weighted by Gasteiger charge is -2.34. The van der Waals surface area contributed by atoms with Gasteiger partial charge >= 0.3 is 0 Å². The van der Waals surface area contributed by atoms with E-state index >= 15 is 0 Å². The molecule has 0 bridgehead atoms. The Morgan fingerprint density at radius 2 is 1.70 bits per heavy atom. The van der Waals surface area contributed by atoms with Gasteiger partial charge in [-0.25, -0.2) is 12.8 Å². The highest BCUT2D eigenvalue weighted by molar-refractivity contribution is 7.89. The van der Waals surface area contributed by atoms with Crippen LogP contribution in [0, 0.1) is 12.7 Å². The van der Waals surface area contributed by atoms with Crippen LogP contribution in [0.3, 0.4) is 0 Å². The molecule has 7 nitrogen and oxygen atoms in total. The summed E-state index contributed by atoms with van der Waals surface area (Å²) in [6.07, 6.45) is 1.64. The van der Waals surface area contributed by atoms with Crippen molar-refractivity contribution in [2.45, 2.75) is 18.4 Å². The van der Waals surface area contributed by atoms with Crippen molar-refractivity contribution in [2.24, 2.45) is 0 Å². The van der Waals surface area contributed by atoms with Crippen LogP contribution in [0.1, 0.15) is 21.5 Å². The molecule has 0 N–H and O–H groups in total. The van der Waals surface area contributed by atoms with Gasteiger partial charge in [-0.2, -0.15) is 4.31 Å². The number of carbonyl (C=O) groups excluding carboxylic acids is 1. The van der Waals surface area contributed by atoms with E-state index in [9.17, 15) is 22.4 Å². The Morgan fingerprint density at radius 3 is 2.39 bits per heavy atom. The molecule has 2 heterocycles. The molecule has 2 aromatic carbocycles. The zero-order valence-electron chi connectivity index (χ0n) is 18.1. The quantitative estimate of drug-likeness (QED) is 0.575. The third kappa shape index (κ3) is 4.89. The van der Waals surface area contributed by atoms with E-state index in [-0.39, 0.29) is 42.2 Å². The van der Waals surface area contributed by atoms with Crippen molar-refractivity contribution >= 4 is 15.9 Å². The van der Waals surface area contributed by atoms with E-state index in [0.717, 1.165) is 17.2 Å². The van der Waals surface area contributed by atoms with Crippen LogP contribution in [0.2, 0.25) is 0 Å². The molecule has 0 aliphatic carbocycles. The fraction of sp³-hybridized carbons (Fsp3) is 0.250. The Hall–Kier alpha value is -3.30. The number of nitrogens with zero attached hydrogens (tertiary/aromatic N) is 3. The molecule has 33 heavy (non-hydrogen) atoms. The third-order valence-corrected chi connectivity index (χ3v) is 7.54. The highest BCUT2D eigenvalue weighted by Crippen LogP contribution is 2.19. The number of hydrogen-bond donors (Lipinski definition) is 0. The summed E-state index contributed by atoms with van der Waals surface area (Å²) in [6.45, 7) is 2.73. The van der Waals surface area contributed by atoms with Gasteiger partial charge in [-0.05, 0) is 42.8 Å². The van der Waals surface area contributed by atoms with Gasteiger partial charge in [0.15, 0.2) is 0 Å². The minimum Gasteiger partial charge on any atom is -0.336 e. The molecular weight excluding hydrogens is 445 g/mol. The normalized spacial score (nSPS) is 14.9. The molecule has 0 radical (unpaired) electrons. The average molecular weight is 470 g/mol. The Bertz CT molecular complexity index is 1350. The maximum Gasteiger partial charge on any atom is 0.263 e. The fourth-order valence-electron chi connectivity index (χ4n) is 3.91. The summed E-state index contributed by atoms with van der Waals surface area (Å²) in [5.41, 5.74) is 1.70. The topological polar surface area (TPSA) is 79.7 Å². The van der Waals surface area contributed by atoms with Gasteiger partial charge in [-0.15, -0.1) is 0 Å². The molecule has 4 rings (SSSR count). The molecule has 0 unspecified atom stereocenters. The Balaban J connectivity index is 1.47. The van der Waals surface area contributed by atoms with Gasteiger partial charge < -0.3 is 9.47 Å². The monoisotopic (exact) mass is 469 g/mol. The number of halogens is 1. The second-order valence-corrected chi connectivity index (χ2v) is 9.94. The van der Waals surface area contributed by atoms with Gasteiger partial charge in [0.1, 0.15) is 11.4 Å². The van der Waals surface area contributed by atoms with Crippen LogP contribution in [-0.4, -0.2) is 54.3 Å². The molecule has 172 valence electrons. The number of benzene rings is 2. The number of piperazine rings is 1. The van der Waals surface area contributed by atoms with E-state index in [1.165, 1.54) is 38.0 Å². The molecule has 9 heteroatoms. The van der Waals surface area contributed by atoms with Crippen molar-refractivity contribution in [3.8, 4) is 0 Å². The van der Waals surface area contributed by atoms with Crippen molar-refractivity contribution in [1.29, 1.82) is 0 Å². The van der Waals surface area contributed by atoms with Gasteiger partial charge in [-0.3, -0.25) is 9.59 Å². The number of hydrogen-bond acceptors (Lipinski definition) is 4. The number of aryl methyl sites for hydroxylation is 1. The maximum absolute atomic E-state index is 13.5. The van der Waals surface area contributed by atoms with Crippen LogP contribution in [0.4, 0.5) is 4.39 Å². The van der Waals surface area contributed by atoms with Crippen LogP contribution < -0.4 is 5.56 Å². The van der Waals surface area contributed by atoms with Crippen LogP contribution >= 0.6 is 0 Å². The highest BCUT2D eigenvalue weighted by Gasteiger charge is 2.31. The third-order valence-electron chi connectivity index (χ3n) is 5.65. The summed E-state index contributed by atoms with van der Waals surface area (Å²) in [4.78, 5) is 27.4. The number of pyridine rings is 1. The zero-order chi connectivity index (χ0) is 23.6. The number of aromatic nitrogens is 1. The first-order valence-electron chi connectivity index (χ1n) is 10.6. The largest absolute Gasteiger partial charge is 0.336 e. The van der Waals surface area contributed by atoms with Crippen LogP contribution in [0.5, 0.6) is 0 Å². The summed E-state index contributed by atoms with van der Waals surface area (Å²) < 4.78 is 41.8. The molecule has 0 atom stereocenters. The van der Waals surface area contributed by atoms with Crippen LogP contribution in [0.25, 0.3) is 0 Å². The Labute approximate surface area is 191 Å². The van der Waals surface area contributed by atoms with Gasteiger partial charge in [0.2, 0.25) is 10.0 Å². The average Bonchev–Trinajstić information content (AvgIpc) is 2.80. The van der Waals surface area contributed by atoms with E-state index in [4.69, 9.17) is 0 Å². The zero-order valence-corrected chi connectivity index (χ0v) is 19.0. The smallest absolute Gasteiger partial charge is 0.263 e. The molecular formula is C24H24FN3O4S. The fourth-order valence-corrected chi connectivity index (χ4v) is 5.36. The van der Waals surface area contributed by atoms with Crippen molar-refractivity contribution < 1.29 is 17.6 Å². The van der Waals surface area contributed by atoms with Gasteiger partial charge in [0.05, 0.1) is 11.4 Å². The standard InChI is InChI=1S/C24H24FN3O4S/c1-18-5-2-6-19(15-18)17-27-10-4-9-22(24(27)30)23(29)26-11-13-28(14-12-26)33(31,32)21-8-3-7-20(25)16-21/h2-10,15-16H,11-14,17H2,1H3. The molecule has 1 aliphatic heterocycles. The molecule has 0 saturated carbocycles. The number of carbonyl (C=O) groups is 1. The minimum absolute atomic E-state index is 0.0478. The van der Waals surface area contributed by atoms with Crippen molar-refractivity contribution in [3.63, 3.8) is 0 Å². The predicted octanol–water partition coefficient (Wildman–Crippen LogP) is 2.49. The van der Waals surface area contributed by atoms with Crippen molar-refractivity contribution in [3.05, 3.63) is 99.7 Å². The SMILES string of the molecule is Cc1cccc(Cn2cccc(C(=O)N3CCN(S(=O)(=O)c4cccc(F)c4)CC3)c2=O)c1. The van der Waals surface area contributed by atoms with Crippen LogP contribution in [0.15, 0.2) is 76.6 Å². The lowest BCUT2D eigenvalue weighted by Crippen LogP contribution is -2.51. The lowest BCUT2D eigenvalue weighted by molar-refractivity contribution is 0.0695. The van der Waals surface area contributed by atoms with Gasteiger partial charge in [0, 0.05) is 32.4 Å². The summed E-state index contributed by atoms with van der Waals surface area (Å²) in [5.74, 6) is -1.06. The van der Waals surface area contributed by atoms with E-state index < -0.39 is 21.7 Å². The number of sulfonamides is 1. The summed E-state index contributed by atoms with van der Waals surface area (Å²) >= 11 is 0. The first kappa shape index (κ1) is 22.9.